The van der Waals surface area contributed by atoms with Gasteiger partial charge in [-0.1, -0.05) is 39.4 Å². The predicted molar refractivity (Wildman–Crippen MR) is 180 cm³/mol. The summed E-state index contributed by atoms with van der Waals surface area (Å²) in [5.41, 5.74) is 0.889. The van der Waals surface area contributed by atoms with Crippen LogP contribution in [0.1, 0.15) is 38.3 Å². The minimum atomic E-state index is -4.91. The summed E-state index contributed by atoms with van der Waals surface area (Å²) in [6, 6.07) is 11.4. The Morgan fingerprint density at radius 1 is 0.915 bits per heavy atom. The molecular formula is C29H19B8F3N6O. The number of amides is 1. The van der Waals surface area contributed by atoms with Crippen LogP contribution in [0, 0.1) is 18.8 Å². The van der Waals surface area contributed by atoms with Gasteiger partial charge in [0, 0.05) is 29.6 Å². The quantitative estimate of drug-likeness (QED) is 0.268. The molecule has 1 fully saturated rings. The number of piperazine rings is 1. The van der Waals surface area contributed by atoms with Gasteiger partial charge in [0.25, 0.3) is 5.91 Å². The van der Waals surface area contributed by atoms with Gasteiger partial charge in [-0.2, -0.15) is 18.3 Å². The van der Waals surface area contributed by atoms with Gasteiger partial charge in [0.05, 0.1) is 74.5 Å². The van der Waals surface area contributed by atoms with E-state index in [1.165, 1.54) is 25.2 Å². The van der Waals surface area contributed by atoms with Crippen LogP contribution in [0.3, 0.4) is 0 Å². The highest BCUT2D eigenvalue weighted by Gasteiger charge is 2.58. The molecule has 16 radical (unpaired) electrons. The van der Waals surface area contributed by atoms with E-state index in [9.17, 15) is 18.0 Å². The molecule has 1 amide bonds. The fourth-order valence-corrected chi connectivity index (χ4v) is 5.22. The number of carbonyl (C=O) groups excluding carboxylic acids is 1. The van der Waals surface area contributed by atoms with Gasteiger partial charge in [0.2, 0.25) is 0 Å². The van der Waals surface area contributed by atoms with Crippen LogP contribution < -0.4 is 5.32 Å². The molecule has 47 heavy (non-hydrogen) atoms. The number of aromatic nitrogens is 3. The summed E-state index contributed by atoms with van der Waals surface area (Å²) in [4.78, 5) is 19.2. The number of carbonyl (C=O) groups is 1. The average Bonchev–Trinajstić information content (AvgIpc) is 3.41. The Kier molecular flexibility index (Phi) is 8.68. The van der Waals surface area contributed by atoms with Crippen molar-refractivity contribution in [2.75, 3.05) is 12.4 Å². The van der Waals surface area contributed by atoms with Crippen molar-refractivity contribution >= 4 is 80.0 Å². The Bertz CT molecular complexity index is 1910. The molecule has 1 aliphatic heterocycles. The summed E-state index contributed by atoms with van der Waals surface area (Å²) in [6.45, 7) is 1.08. The van der Waals surface area contributed by atoms with E-state index in [4.69, 9.17) is 62.8 Å². The molecule has 0 spiro atoms. The van der Waals surface area contributed by atoms with Gasteiger partial charge in [-0.3, -0.25) is 4.79 Å². The summed E-state index contributed by atoms with van der Waals surface area (Å²) in [7, 11) is 50.8. The van der Waals surface area contributed by atoms with E-state index in [0.717, 1.165) is 27.5 Å². The number of anilines is 1. The third kappa shape index (κ3) is 5.97. The Labute approximate surface area is 281 Å². The number of benzene rings is 2. The van der Waals surface area contributed by atoms with Crippen molar-refractivity contribution in [2.24, 2.45) is 0 Å². The van der Waals surface area contributed by atoms with Gasteiger partial charge in [0.15, 0.2) is 5.65 Å². The minimum Gasteiger partial charge on any atom is -0.328 e. The summed E-state index contributed by atoms with van der Waals surface area (Å²) < 4.78 is 44.8. The molecule has 0 bridgehead atoms. The zero-order valence-corrected chi connectivity index (χ0v) is 25.4. The second kappa shape index (κ2) is 11.8. The third-order valence-electron chi connectivity index (χ3n) is 8.39. The number of hydrogen-bond acceptors (Lipinski definition) is 5. The number of hydrogen-bond donors (Lipinski definition) is 1. The van der Waals surface area contributed by atoms with Crippen LogP contribution in [0.5, 0.6) is 0 Å². The van der Waals surface area contributed by atoms with Gasteiger partial charge < -0.3 is 15.1 Å². The third-order valence-corrected chi connectivity index (χ3v) is 8.39. The first-order chi connectivity index (χ1) is 21.7. The molecule has 0 unspecified atom stereocenters. The van der Waals surface area contributed by atoms with Crippen molar-refractivity contribution < 1.29 is 18.0 Å². The molecular weight excluding hydrogens is 592 g/mol. The van der Waals surface area contributed by atoms with Gasteiger partial charge in [-0.05, 0) is 67.4 Å². The summed E-state index contributed by atoms with van der Waals surface area (Å²) in [5, 5.41) is -2.36. The van der Waals surface area contributed by atoms with E-state index >= 15 is 0 Å². The van der Waals surface area contributed by atoms with Crippen LogP contribution >= 0.6 is 0 Å². The number of nitrogens with one attached hydrogen (secondary N) is 1. The first-order valence-electron chi connectivity index (χ1n) is 13.9. The van der Waals surface area contributed by atoms with E-state index in [1.54, 1.807) is 42.0 Å². The number of halogens is 3. The number of fused-ring (bicyclic) bond motifs is 1. The molecule has 0 saturated carbocycles. The van der Waals surface area contributed by atoms with E-state index in [1.807, 2.05) is 0 Å². The molecule has 4 aromatic rings. The van der Waals surface area contributed by atoms with Crippen LogP contribution in [0.4, 0.5) is 18.9 Å². The lowest BCUT2D eigenvalue weighted by atomic mass is 9.26. The Balaban J connectivity index is 1.43. The summed E-state index contributed by atoms with van der Waals surface area (Å²) in [6.07, 6.45) is -1.74. The van der Waals surface area contributed by atoms with Crippen LogP contribution in [-0.4, -0.2) is 121 Å². The lowest BCUT2D eigenvalue weighted by molar-refractivity contribution is -0.138. The van der Waals surface area contributed by atoms with Crippen molar-refractivity contribution in [2.45, 2.75) is 41.0 Å². The lowest BCUT2D eigenvalue weighted by Crippen LogP contribution is -2.90. The van der Waals surface area contributed by atoms with Crippen LogP contribution in [0.2, 0.25) is 0 Å². The average molecular weight is 611 g/mol. The van der Waals surface area contributed by atoms with Gasteiger partial charge in [0.1, 0.15) is 5.69 Å². The number of imidazole rings is 1. The Hall–Kier alpha value is -3.68. The largest absolute Gasteiger partial charge is 0.416 e. The maximum atomic E-state index is 14.4. The maximum Gasteiger partial charge on any atom is 0.416 e. The first-order valence-corrected chi connectivity index (χ1v) is 13.9. The lowest BCUT2D eigenvalue weighted by Gasteiger charge is -2.75. The molecule has 5 rings (SSSR count). The number of likely N-dealkylation sites (N-methyl/N-ethyl adjacent to an activating group) is 1. The van der Waals surface area contributed by atoms with Gasteiger partial charge in [-0.25, -0.2) is 9.50 Å². The molecule has 0 atom stereocenters. The molecule has 1 N–H and O–H groups in total. The highest BCUT2D eigenvalue weighted by molar-refractivity contribution is 6.60. The van der Waals surface area contributed by atoms with Crippen molar-refractivity contribution in [1.82, 2.24) is 24.4 Å². The SMILES string of the molecule is [B]C1([B])N(C)C([B])([B])C([B])([B])N(Cc2ccc(NC(=O)c3ccc(C)c(C#Cc4cnc5cccnn45)c3)cc2C(F)(F)F)C1([B])[B]. The highest BCUT2D eigenvalue weighted by Crippen LogP contribution is 2.43. The second-order valence-corrected chi connectivity index (χ2v) is 11.5. The summed E-state index contributed by atoms with van der Waals surface area (Å²) >= 11 is 0. The molecule has 18 heteroatoms. The molecule has 2 aromatic heterocycles. The molecule has 7 nitrogen and oxygen atoms in total. The Morgan fingerprint density at radius 2 is 1.57 bits per heavy atom. The molecule has 3 heterocycles. The monoisotopic (exact) mass is 612 g/mol. The van der Waals surface area contributed by atoms with Gasteiger partial charge >= 0.3 is 6.18 Å². The van der Waals surface area contributed by atoms with Crippen molar-refractivity contribution in [3.05, 3.63) is 94.4 Å². The second-order valence-electron chi connectivity index (χ2n) is 11.5. The maximum absolute atomic E-state index is 14.4. The molecule has 0 aliphatic carbocycles. The van der Waals surface area contributed by atoms with E-state index < -0.39 is 45.5 Å². The van der Waals surface area contributed by atoms with Crippen LogP contribution in [0.25, 0.3) is 5.65 Å². The number of aryl methyl sites for hydroxylation is 1. The van der Waals surface area contributed by atoms with Crippen LogP contribution in [-0.2, 0) is 12.7 Å². The number of alkyl halides is 3. The fraction of sp³-hybridized carbons (Fsp3) is 0.276. The molecule has 2 aromatic carbocycles. The minimum absolute atomic E-state index is 0.155. The van der Waals surface area contributed by atoms with E-state index in [-0.39, 0.29) is 16.8 Å². The van der Waals surface area contributed by atoms with Crippen molar-refractivity contribution in [3.63, 3.8) is 0 Å². The normalized spacial score (nSPS) is 18.7. The smallest absolute Gasteiger partial charge is 0.328 e. The number of nitrogens with zero attached hydrogens (tertiary/aromatic N) is 5. The van der Waals surface area contributed by atoms with Crippen molar-refractivity contribution in [3.8, 4) is 11.8 Å². The van der Waals surface area contributed by atoms with Crippen LogP contribution in [0.15, 0.2) is 60.9 Å². The number of rotatable bonds is 4. The zero-order valence-electron chi connectivity index (χ0n) is 25.4. The molecule has 1 aliphatic rings. The van der Waals surface area contributed by atoms with Crippen molar-refractivity contribution in [1.29, 1.82) is 0 Å². The van der Waals surface area contributed by atoms with E-state index in [2.05, 4.69) is 27.2 Å². The molecule has 216 valence electrons. The predicted octanol–water partition coefficient (Wildman–Crippen LogP) is 0.419. The summed E-state index contributed by atoms with van der Waals surface area (Å²) in [5.74, 6) is 5.31. The Morgan fingerprint density at radius 3 is 2.21 bits per heavy atom. The van der Waals surface area contributed by atoms with Gasteiger partial charge in [-0.15, -0.1) is 0 Å². The molecule has 1 saturated heterocycles. The topological polar surface area (TPSA) is 65.8 Å². The van der Waals surface area contributed by atoms with E-state index in [0.29, 0.717) is 16.9 Å². The standard InChI is InChI=1S/C29H19B8F3N6O/c1-16-5-6-18(12-17(16)8-10-21-14-41-23-4-3-11-42-46(21)23)24(47)43-20-9-7-19(22(13-20)25(38,39)40)15-45-28(34,35)26(30,31)44(2)27(32,33)29(45,36)37/h3-7,9,11-14H,15H2,1-2H3,(H,43,47). The fourth-order valence-electron chi connectivity index (χ4n) is 5.22. The first kappa shape index (κ1) is 34.6. The zero-order chi connectivity index (χ0) is 34.7. The highest BCUT2D eigenvalue weighted by atomic mass is 19.4.